The third kappa shape index (κ3) is 22.5. The van der Waals surface area contributed by atoms with Crippen LogP contribution in [0.3, 0.4) is 0 Å². The molecule has 0 aliphatic rings. The van der Waals surface area contributed by atoms with E-state index in [1.54, 1.807) is 0 Å². The first kappa shape index (κ1) is 29.2. The van der Waals surface area contributed by atoms with E-state index in [0.717, 1.165) is 0 Å². The Morgan fingerprint density at radius 2 is 1.00 bits per heavy atom. The molecule has 0 radical (unpaired) electrons. The summed E-state index contributed by atoms with van der Waals surface area (Å²) < 4.78 is 6.47. The van der Waals surface area contributed by atoms with Crippen molar-refractivity contribution < 1.29 is 34.1 Å². The number of carboxylic acid groups (broad SMARTS) is 2. The summed E-state index contributed by atoms with van der Waals surface area (Å²) in [5.74, 6) is 0. The van der Waals surface area contributed by atoms with E-state index in [9.17, 15) is 14.4 Å². The van der Waals surface area contributed by atoms with Gasteiger partial charge in [-0.25, -0.2) is 14.4 Å². The Morgan fingerprint density at radius 1 is 0.786 bits per heavy atom. The van der Waals surface area contributed by atoms with Gasteiger partial charge in [0.2, 0.25) is 0 Å². The van der Waals surface area contributed by atoms with Gasteiger partial charge in [-0.15, -0.1) is 0 Å². The molecule has 14 heavy (non-hydrogen) atoms. The summed E-state index contributed by atoms with van der Waals surface area (Å²) in [6, 6.07) is 0. The van der Waals surface area contributed by atoms with Crippen LogP contribution in [0.1, 0.15) is 0 Å². The van der Waals surface area contributed by atoms with Gasteiger partial charge >= 0.3 is 56.2 Å². The van der Waals surface area contributed by atoms with E-state index in [1.807, 2.05) is 0 Å². The summed E-state index contributed by atoms with van der Waals surface area (Å²) in [6.07, 6.45) is -5.64. The first-order chi connectivity index (χ1) is 4.52. The van der Waals surface area contributed by atoms with Crippen LogP contribution in [0, 0.1) is 0 Å². The molecule has 0 heterocycles. The van der Waals surface area contributed by atoms with Crippen LogP contribution in [0.25, 0.3) is 0 Å². The van der Waals surface area contributed by atoms with Crippen molar-refractivity contribution in [3.8, 4) is 0 Å². The van der Waals surface area contributed by atoms with Crippen molar-refractivity contribution in [2.75, 3.05) is 0 Å². The molecule has 0 saturated heterocycles. The molecule has 11 heteroatoms. The monoisotopic (exact) mass is 200 g/mol. The van der Waals surface area contributed by atoms with Gasteiger partial charge in [-0.1, -0.05) is 0 Å². The Bertz CT molecular complexity index is 168. The van der Waals surface area contributed by atoms with Gasteiger partial charge in [-0.05, 0) is 0 Å². The molecule has 0 aromatic carbocycles. The van der Waals surface area contributed by atoms with E-state index in [0.29, 0.717) is 0 Å². The van der Waals surface area contributed by atoms with Gasteiger partial charge in [-0.2, -0.15) is 0 Å². The maximum absolute atomic E-state index is 9.86. The summed E-state index contributed by atoms with van der Waals surface area (Å²) in [4.78, 5) is 28.8. The molecule has 8 N–H and O–H groups in total. The van der Waals surface area contributed by atoms with Gasteiger partial charge < -0.3 is 32.0 Å². The number of carbonyl (C=O) groups excluding carboxylic acids is 1. The van der Waals surface area contributed by atoms with Crippen LogP contribution in [0.5, 0.6) is 0 Å². The Morgan fingerprint density at radius 3 is 1.14 bits per heavy atom. The Balaban J connectivity index is -0.0000000675. The topological polar surface area (TPSA) is 180 Å². The standard InChI is InChI=1S/C3H2O7.2Li.2H3N.2H/c4-1(5)9-3(8)10-2(6)7;;;;;;/h(H,4,5)(H,6,7);;;2*1H3;;. The predicted octanol–water partition coefficient (Wildman–Crippen LogP) is -0.477. The molecule has 76 valence electrons. The molecule has 0 atom stereocenters. The van der Waals surface area contributed by atoms with E-state index in [4.69, 9.17) is 10.2 Å². The average molecular weight is 200 g/mol. The molecule has 0 fully saturated rings. The summed E-state index contributed by atoms with van der Waals surface area (Å²) in [5, 5.41) is 15.4. The second-order valence-corrected chi connectivity index (χ2v) is 0.986. The van der Waals surface area contributed by atoms with Crippen LogP contribution in [0.15, 0.2) is 0 Å². The molecule has 0 amide bonds. The molecule has 0 saturated carbocycles. The van der Waals surface area contributed by atoms with Gasteiger partial charge in [0.05, 0.1) is 0 Å². The van der Waals surface area contributed by atoms with Crippen LogP contribution < -0.4 is 12.3 Å². The molecule has 0 unspecified atom stereocenters. The summed E-state index contributed by atoms with van der Waals surface area (Å²) in [7, 11) is 0. The van der Waals surface area contributed by atoms with Gasteiger partial charge in [0.15, 0.2) is 0 Å². The number of hydrogen-bond acceptors (Lipinski definition) is 7. The van der Waals surface area contributed by atoms with Crippen LogP contribution in [0.4, 0.5) is 14.4 Å². The molecular weight excluding hydrogens is 190 g/mol. The number of hydrogen-bond donors (Lipinski definition) is 4. The third-order valence-corrected chi connectivity index (χ3v) is 0.341. The minimum atomic E-state index is -1.92. The van der Waals surface area contributed by atoms with Crippen molar-refractivity contribution in [2.45, 2.75) is 0 Å². The molecule has 9 nitrogen and oxygen atoms in total. The fourth-order valence-corrected chi connectivity index (χ4v) is 0.163. The van der Waals surface area contributed by atoms with Crippen LogP contribution in [-0.4, -0.2) is 66.4 Å². The zero-order valence-electron chi connectivity index (χ0n) is 5.85. The second-order valence-electron chi connectivity index (χ2n) is 0.986. The minimum absolute atomic E-state index is 0. The Kier molecular flexibility index (Phi) is 30.9. The van der Waals surface area contributed by atoms with Crippen LogP contribution in [0.2, 0.25) is 0 Å². The first-order valence-electron chi connectivity index (χ1n) is 1.88. The second kappa shape index (κ2) is 14.8. The van der Waals surface area contributed by atoms with Gasteiger partial charge in [-0.3, -0.25) is 0 Å². The fourth-order valence-electron chi connectivity index (χ4n) is 0.163. The Labute approximate surface area is 103 Å². The van der Waals surface area contributed by atoms with Crippen LogP contribution in [-0.2, 0) is 9.47 Å². The van der Waals surface area contributed by atoms with Crippen molar-refractivity contribution in [3.05, 3.63) is 0 Å². The van der Waals surface area contributed by atoms with Crippen molar-refractivity contribution in [1.82, 2.24) is 12.3 Å². The first-order valence-corrected chi connectivity index (χ1v) is 1.88. The molecule has 0 aliphatic heterocycles. The summed E-state index contributed by atoms with van der Waals surface area (Å²) in [5.41, 5.74) is 0. The van der Waals surface area contributed by atoms with E-state index in [1.165, 1.54) is 0 Å². The van der Waals surface area contributed by atoms with Crippen molar-refractivity contribution in [2.24, 2.45) is 0 Å². The van der Waals surface area contributed by atoms with Gasteiger partial charge in [0.1, 0.15) is 0 Å². The SMILES string of the molecule is N.N.O=C(O)OC(=O)OC(=O)O.[LiH].[LiH]. The number of ether oxygens (including phenoxy) is 2. The Hall–Kier alpha value is -0.675. The predicted molar refractivity (Wildman–Crippen MR) is 48.0 cm³/mol. The molecule has 0 aliphatic carbocycles. The van der Waals surface area contributed by atoms with Crippen molar-refractivity contribution in [1.29, 1.82) is 0 Å². The van der Waals surface area contributed by atoms with Gasteiger partial charge in [0, 0.05) is 0 Å². The zero-order chi connectivity index (χ0) is 8.15. The number of rotatable bonds is 0. The molecule has 0 aromatic rings. The maximum atomic E-state index is 9.86. The van der Waals surface area contributed by atoms with E-state index in [-0.39, 0.29) is 50.0 Å². The zero-order valence-corrected chi connectivity index (χ0v) is 5.85. The summed E-state index contributed by atoms with van der Waals surface area (Å²) >= 11 is 0. The van der Waals surface area contributed by atoms with E-state index in [2.05, 4.69) is 9.47 Å². The van der Waals surface area contributed by atoms with Gasteiger partial charge in [0.25, 0.3) is 0 Å². The fraction of sp³-hybridized carbons (Fsp3) is 0. The molecule has 0 rings (SSSR count). The normalized spacial score (nSPS) is 5.71. The van der Waals surface area contributed by atoms with Crippen LogP contribution >= 0.6 is 0 Å². The van der Waals surface area contributed by atoms with Crippen molar-refractivity contribution >= 4 is 56.2 Å². The molecule has 0 spiro atoms. The molecule has 0 aromatic heterocycles. The third-order valence-electron chi connectivity index (χ3n) is 0.341. The molecular formula is C3H10Li2N2O7. The molecule has 0 bridgehead atoms. The summed E-state index contributed by atoms with van der Waals surface area (Å²) in [6.45, 7) is 0. The van der Waals surface area contributed by atoms with E-state index < -0.39 is 18.5 Å². The van der Waals surface area contributed by atoms with E-state index >= 15 is 0 Å². The number of carbonyl (C=O) groups is 3. The van der Waals surface area contributed by atoms with Crippen molar-refractivity contribution in [3.63, 3.8) is 0 Å². The average Bonchev–Trinajstić information content (AvgIpc) is 1.58. The quantitative estimate of drug-likeness (QED) is 0.228.